The second-order valence-corrected chi connectivity index (χ2v) is 5.97. The molecule has 2 nitrogen and oxygen atoms in total. The van der Waals surface area contributed by atoms with Crippen LogP contribution in [0.4, 0.5) is 0 Å². The standard InChI is InChI=1S/C14H28N2/c1-4-12-9-15-10-14(12)16(3)13-7-5-11(2)6-8-13/h11-15H,4-10H2,1-3H3. The molecule has 0 aromatic carbocycles. The number of likely N-dealkylation sites (N-methyl/N-ethyl adjacent to an activating group) is 1. The first-order valence-electron chi connectivity index (χ1n) is 7.15. The van der Waals surface area contributed by atoms with Crippen molar-refractivity contribution in [3.63, 3.8) is 0 Å². The summed E-state index contributed by atoms with van der Waals surface area (Å²) in [5.74, 6) is 1.85. The molecule has 2 heteroatoms. The van der Waals surface area contributed by atoms with Crippen LogP contribution in [0, 0.1) is 11.8 Å². The number of nitrogens with one attached hydrogen (secondary N) is 1. The van der Waals surface area contributed by atoms with Gasteiger partial charge in [-0.1, -0.05) is 20.3 Å². The van der Waals surface area contributed by atoms with Crippen LogP contribution in [-0.4, -0.2) is 37.1 Å². The van der Waals surface area contributed by atoms with E-state index in [9.17, 15) is 0 Å². The van der Waals surface area contributed by atoms with E-state index in [4.69, 9.17) is 0 Å². The summed E-state index contributed by atoms with van der Waals surface area (Å²) in [6.07, 6.45) is 7.04. The number of hydrogen-bond acceptors (Lipinski definition) is 2. The summed E-state index contributed by atoms with van der Waals surface area (Å²) in [6, 6.07) is 1.65. The topological polar surface area (TPSA) is 15.3 Å². The van der Waals surface area contributed by atoms with Crippen molar-refractivity contribution in [1.29, 1.82) is 0 Å². The normalized spacial score (nSPS) is 40.5. The quantitative estimate of drug-likeness (QED) is 0.792. The first kappa shape index (κ1) is 12.4. The van der Waals surface area contributed by atoms with Gasteiger partial charge in [0.25, 0.3) is 0 Å². The lowest BCUT2D eigenvalue weighted by atomic mass is 9.85. The molecule has 1 aliphatic heterocycles. The van der Waals surface area contributed by atoms with E-state index in [2.05, 4.69) is 31.1 Å². The van der Waals surface area contributed by atoms with Gasteiger partial charge in [0.15, 0.2) is 0 Å². The van der Waals surface area contributed by atoms with Gasteiger partial charge >= 0.3 is 0 Å². The molecule has 1 N–H and O–H groups in total. The summed E-state index contributed by atoms with van der Waals surface area (Å²) in [5, 5.41) is 3.56. The van der Waals surface area contributed by atoms with Gasteiger partial charge in [-0.05, 0) is 51.1 Å². The Kier molecular flexibility index (Phi) is 4.26. The van der Waals surface area contributed by atoms with Crippen LogP contribution in [0.25, 0.3) is 0 Å². The second-order valence-electron chi connectivity index (χ2n) is 5.97. The second kappa shape index (κ2) is 5.50. The Morgan fingerprint density at radius 3 is 2.44 bits per heavy atom. The zero-order valence-corrected chi connectivity index (χ0v) is 11.2. The fraction of sp³-hybridized carbons (Fsp3) is 1.00. The average Bonchev–Trinajstić information content (AvgIpc) is 2.77. The van der Waals surface area contributed by atoms with Crippen LogP contribution in [0.3, 0.4) is 0 Å². The molecule has 2 rings (SSSR count). The van der Waals surface area contributed by atoms with Gasteiger partial charge in [0, 0.05) is 18.6 Å². The van der Waals surface area contributed by atoms with Crippen molar-refractivity contribution in [3.8, 4) is 0 Å². The number of rotatable bonds is 3. The van der Waals surface area contributed by atoms with Gasteiger partial charge in [-0.3, -0.25) is 4.90 Å². The Balaban J connectivity index is 1.88. The molecular formula is C14H28N2. The van der Waals surface area contributed by atoms with Crippen molar-refractivity contribution in [1.82, 2.24) is 10.2 Å². The molecule has 0 amide bonds. The molecule has 2 atom stereocenters. The minimum absolute atomic E-state index is 0.795. The first-order chi connectivity index (χ1) is 7.72. The third-order valence-corrected chi connectivity index (χ3v) is 4.91. The monoisotopic (exact) mass is 224 g/mol. The lowest BCUT2D eigenvalue weighted by Crippen LogP contribution is -2.45. The van der Waals surface area contributed by atoms with Crippen molar-refractivity contribution >= 4 is 0 Å². The molecule has 1 saturated carbocycles. The van der Waals surface area contributed by atoms with Crippen LogP contribution >= 0.6 is 0 Å². The first-order valence-corrected chi connectivity index (χ1v) is 7.15. The van der Waals surface area contributed by atoms with Crippen LogP contribution in [0.15, 0.2) is 0 Å². The third-order valence-electron chi connectivity index (χ3n) is 4.91. The molecule has 0 aromatic heterocycles. The number of nitrogens with zero attached hydrogens (tertiary/aromatic N) is 1. The Bertz CT molecular complexity index is 209. The molecule has 2 unspecified atom stereocenters. The van der Waals surface area contributed by atoms with Gasteiger partial charge in [0.1, 0.15) is 0 Å². The van der Waals surface area contributed by atoms with E-state index >= 15 is 0 Å². The molecule has 1 aliphatic carbocycles. The van der Waals surface area contributed by atoms with E-state index in [-0.39, 0.29) is 0 Å². The Morgan fingerprint density at radius 2 is 1.81 bits per heavy atom. The Morgan fingerprint density at radius 1 is 1.12 bits per heavy atom. The zero-order valence-electron chi connectivity index (χ0n) is 11.2. The molecule has 1 saturated heterocycles. The maximum absolute atomic E-state index is 3.56. The Hall–Kier alpha value is -0.0800. The van der Waals surface area contributed by atoms with Gasteiger partial charge in [-0.15, -0.1) is 0 Å². The largest absolute Gasteiger partial charge is 0.315 e. The third kappa shape index (κ3) is 2.60. The van der Waals surface area contributed by atoms with Crippen molar-refractivity contribution in [2.24, 2.45) is 11.8 Å². The SMILES string of the molecule is CCC1CNCC1N(C)C1CCC(C)CC1. The summed E-state index contributed by atoms with van der Waals surface area (Å²) in [6.45, 7) is 7.18. The highest BCUT2D eigenvalue weighted by atomic mass is 15.2. The summed E-state index contributed by atoms with van der Waals surface area (Å²) in [5.41, 5.74) is 0. The van der Waals surface area contributed by atoms with Crippen LogP contribution < -0.4 is 5.32 Å². The van der Waals surface area contributed by atoms with Crippen LogP contribution in [0.2, 0.25) is 0 Å². The minimum atomic E-state index is 0.795. The van der Waals surface area contributed by atoms with Crippen LogP contribution in [-0.2, 0) is 0 Å². The minimum Gasteiger partial charge on any atom is -0.315 e. The van der Waals surface area contributed by atoms with E-state index in [1.165, 1.54) is 45.2 Å². The van der Waals surface area contributed by atoms with E-state index in [0.29, 0.717) is 0 Å². The van der Waals surface area contributed by atoms with Crippen LogP contribution in [0.5, 0.6) is 0 Å². The molecule has 94 valence electrons. The molecule has 0 bridgehead atoms. The van der Waals surface area contributed by atoms with Gasteiger partial charge in [-0.2, -0.15) is 0 Å². The highest BCUT2D eigenvalue weighted by Crippen LogP contribution is 2.29. The molecular weight excluding hydrogens is 196 g/mol. The lowest BCUT2D eigenvalue weighted by molar-refractivity contribution is 0.108. The van der Waals surface area contributed by atoms with Gasteiger partial charge in [0.05, 0.1) is 0 Å². The van der Waals surface area contributed by atoms with Crippen molar-refractivity contribution < 1.29 is 0 Å². The van der Waals surface area contributed by atoms with Gasteiger partial charge in [-0.25, -0.2) is 0 Å². The van der Waals surface area contributed by atoms with Crippen molar-refractivity contribution in [2.45, 2.75) is 58.0 Å². The number of hydrogen-bond donors (Lipinski definition) is 1. The fourth-order valence-electron chi connectivity index (χ4n) is 3.53. The van der Waals surface area contributed by atoms with Gasteiger partial charge < -0.3 is 5.32 Å². The predicted octanol–water partition coefficient (Wildman–Crippen LogP) is 2.49. The molecule has 2 fully saturated rings. The van der Waals surface area contributed by atoms with Gasteiger partial charge in [0.2, 0.25) is 0 Å². The molecule has 1 heterocycles. The van der Waals surface area contributed by atoms with E-state index in [0.717, 1.165) is 23.9 Å². The highest BCUT2D eigenvalue weighted by Gasteiger charge is 2.33. The van der Waals surface area contributed by atoms with E-state index < -0.39 is 0 Å². The summed E-state index contributed by atoms with van der Waals surface area (Å²) in [7, 11) is 2.36. The maximum Gasteiger partial charge on any atom is 0.0260 e. The lowest BCUT2D eigenvalue weighted by Gasteiger charge is -2.39. The molecule has 0 spiro atoms. The summed E-state index contributed by atoms with van der Waals surface area (Å²) in [4.78, 5) is 2.69. The summed E-state index contributed by atoms with van der Waals surface area (Å²) >= 11 is 0. The molecule has 0 radical (unpaired) electrons. The van der Waals surface area contributed by atoms with Crippen LogP contribution in [0.1, 0.15) is 46.0 Å². The molecule has 16 heavy (non-hydrogen) atoms. The van der Waals surface area contributed by atoms with Crippen molar-refractivity contribution in [3.05, 3.63) is 0 Å². The summed E-state index contributed by atoms with van der Waals surface area (Å²) < 4.78 is 0. The van der Waals surface area contributed by atoms with Crippen molar-refractivity contribution in [2.75, 3.05) is 20.1 Å². The molecule has 2 aliphatic rings. The predicted molar refractivity (Wildman–Crippen MR) is 69.6 cm³/mol. The highest BCUT2D eigenvalue weighted by molar-refractivity contribution is 4.90. The average molecular weight is 224 g/mol. The zero-order chi connectivity index (χ0) is 11.5. The van der Waals surface area contributed by atoms with E-state index in [1.807, 2.05) is 0 Å². The van der Waals surface area contributed by atoms with E-state index in [1.54, 1.807) is 0 Å². The smallest absolute Gasteiger partial charge is 0.0260 e. The Labute approximate surface area is 101 Å². The maximum atomic E-state index is 3.56. The molecule has 0 aromatic rings. The fourth-order valence-corrected chi connectivity index (χ4v) is 3.53.